The van der Waals surface area contributed by atoms with Crippen LogP contribution in [0.3, 0.4) is 0 Å². The molecule has 1 amide bonds. The normalized spacial score (nSPS) is 10.6. The van der Waals surface area contributed by atoms with Crippen LogP contribution in [0.15, 0.2) is 29.4 Å². The van der Waals surface area contributed by atoms with Crippen LogP contribution in [-0.2, 0) is 11.8 Å². The van der Waals surface area contributed by atoms with E-state index in [4.69, 9.17) is 4.74 Å². The van der Waals surface area contributed by atoms with E-state index < -0.39 is 0 Å². The number of nitrogens with zero attached hydrogens (tertiary/aromatic N) is 4. The van der Waals surface area contributed by atoms with Crippen LogP contribution in [0.5, 0.6) is 5.75 Å². The fraction of sp³-hybridized carbons (Fsp3) is 0.467. The molecule has 2 aromatic rings. The minimum atomic E-state index is -0.279. The molecule has 0 atom stereocenters. The van der Waals surface area contributed by atoms with Gasteiger partial charge in [0.2, 0.25) is 11.1 Å². The zero-order valence-electron chi connectivity index (χ0n) is 13.4. The maximum absolute atomic E-state index is 12.7. The summed E-state index contributed by atoms with van der Waals surface area (Å²) in [5.41, 5.74) is 0. The number of aryl methyl sites for hydroxylation is 1. The van der Waals surface area contributed by atoms with Gasteiger partial charge in [-0.3, -0.25) is 4.79 Å². The summed E-state index contributed by atoms with van der Waals surface area (Å²) in [5, 5.41) is 14.7. The molecular formula is C15H20FN5O2S. The Morgan fingerprint density at radius 1 is 1.33 bits per heavy atom. The fourth-order valence-electron chi connectivity index (χ4n) is 1.84. The van der Waals surface area contributed by atoms with E-state index in [1.54, 1.807) is 23.9 Å². The smallest absolute Gasteiger partial charge is 0.220 e. The van der Waals surface area contributed by atoms with E-state index in [-0.39, 0.29) is 11.7 Å². The lowest BCUT2D eigenvalue weighted by molar-refractivity contribution is -0.120. The maximum Gasteiger partial charge on any atom is 0.220 e. The number of hydrogen-bond acceptors (Lipinski definition) is 6. The average molecular weight is 353 g/mol. The molecule has 0 aliphatic carbocycles. The molecule has 130 valence electrons. The summed E-state index contributed by atoms with van der Waals surface area (Å²) in [6, 6.07) is 5.93. The van der Waals surface area contributed by atoms with E-state index in [2.05, 4.69) is 20.8 Å². The lowest BCUT2D eigenvalue weighted by atomic mass is 10.3. The number of ether oxygens (including phenoxy) is 1. The lowest BCUT2D eigenvalue weighted by Gasteiger charge is -2.07. The summed E-state index contributed by atoms with van der Waals surface area (Å²) in [5.74, 6) is 1.01. The Morgan fingerprint density at radius 3 is 2.83 bits per heavy atom. The van der Waals surface area contributed by atoms with Crippen molar-refractivity contribution in [2.75, 3.05) is 18.9 Å². The SMILES string of the molecule is Cn1nnnc1SCCC(=O)NCCCCOc1ccc(F)cc1. The Kier molecular flexibility index (Phi) is 7.47. The van der Waals surface area contributed by atoms with Gasteiger partial charge in [0.05, 0.1) is 6.61 Å². The number of carbonyl (C=O) groups is 1. The van der Waals surface area contributed by atoms with Crippen molar-refractivity contribution in [2.24, 2.45) is 7.05 Å². The second kappa shape index (κ2) is 9.86. The van der Waals surface area contributed by atoms with E-state index in [1.807, 2.05) is 0 Å². The summed E-state index contributed by atoms with van der Waals surface area (Å²) in [6.07, 6.45) is 2.06. The minimum absolute atomic E-state index is 0.0112. The highest BCUT2D eigenvalue weighted by atomic mass is 32.2. The van der Waals surface area contributed by atoms with Crippen molar-refractivity contribution in [3.05, 3.63) is 30.1 Å². The molecule has 0 radical (unpaired) electrons. The van der Waals surface area contributed by atoms with Crippen molar-refractivity contribution in [3.8, 4) is 5.75 Å². The Morgan fingerprint density at radius 2 is 2.12 bits per heavy atom. The van der Waals surface area contributed by atoms with Crippen molar-refractivity contribution < 1.29 is 13.9 Å². The second-order valence-electron chi connectivity index (χ2n) is 5.04. The first-order chi connectivity index (χ1) is 11.6. The van der Waals surface area contributed by atoms with Crippen LogP contribution in [-0.4, -0.2) is 45.0 Å². The van der Waals surface area contributed by atoms with Crippen LogP contribution in [0.25, 0.3) is 0 Å². The van der Waals surface area contributed by atoms with Gasteiger partial charge in [0, 0.05) is 25.8 Å². The number of tetrazole rings is 1. The van der Waals surface area contributed by atoms with E-state index in [0.29, 0.717) is 36.2 Å². The Balaban J connectivity index is 1.47. The predicted molar refractivity (Wildman–Crippen MR) is 88.3 cm³/mol. The van der Waals surface area contributed by atoms with Crippen LogP contribution >= 0.6 is 11.8 Å². The van der Waals surface area contributed by atoms with Crippen LogP contribution < -0.4 is 10.1 Å². The van der Waals surface area contributed by atoms with Crippen LogP contribution in [0.1, 0.15) is 19.3 Å². The summed E-state index contributed by atoms with van der Waals surface area (Å²) < 4.78 is 19.8. The summed E-state index contributed by atoms with van der Waals surface area (Å²) in [6.45, 7) is 1.15. The molecule has 0 spiro atoms. The standard InChI is InChI=1S/C15H20FN5O2S/c1-21-15(18-19-20-21)24-11-8-14(22)17-9-2-3-10-23-13-6-4-12(16)5-7-13/h4-7H,2-3,8-11H2,1H3,(H,17,22). The van der Waals surface area contributed by atoms with Gasteiger partial charge >= 0.3 is 0 Å². The monoisotopic (exact) mass is 353 g/mol. The highest BCUT2D eigenvalue weighted by Crippen LogP contribution is 2.13. The molecule has 24 heavy (non-hydrogen) atoms. The van der Waals surface area contributed by atoms with Gasteiger partial charge in [0.25, 0.3) is 0 Å². The first-order valence-corrected chi connectivity index (χ1v) is 8.64. The third kappa shape index (κ3) is 6.53. The molecule has 1 aromatic carbocycles. The van der Waals surface area contributed by atoms with Crippen molar-refractivity contribution in [2.45, 2.75) is 24.4 Å². The van der Waals surface area contributed by atoms with Gasteiger partial charge in [0.1, 0.15) is 11.6 Å². The highest BCUT2D eigenvalue weighted by Gasteiger charge is 2.05. The molecular weight excluding hydrogens is 333 g/mol. The molecule has 0 saturated carbocycles. The van der Waals surface area contributed by atoms with Crippen LogP contribution in [0.2, 0.25) is 0 Å². The molecule has 0 bridgehead atoms. The quantitative estimate of drug-likeness (QED) is 0.518. The molecule has 1 heterocycles. The number of benzene rings is 1. The molecule has 0 aliphatic heterocycles. The van der Waals surface area contributed by atoms with Gasteiger partial charge in [-0.05, 0) is 47.5 Å². The van der Waals surface area contributed by atoms with Crippen molar-refractivity contribution in [1.82, 2.24) is 25.5 Å². The number of unbranched alkanes of at least 4 members (excludes halogenated alkanes) is 1. The van der Waals surface area contributed by atoms with Crippen molar-refractivity contribution in [1.29, 1.82) is 0 Å². The first-order valence-electron chi connectivity index (χ1n) is 7.65. The Bertz CT molecular complexity index is 635. The first kappa shape index (κ1) is 18.2. The third-order valence-corrected chi connectivity index (χ3v) is 4.13. The second-order valence-corrected chi connectivity index (χ2v) is 6.11. The lowest BCUT2D eigenvalue weighted by Crippen LogP contribution is -2.25. The van der Waals surface area contributed by atoms with Gasteiger partial charge in [0.15, 0.2) is 0 Å². The molecule has 0 aliphatic rings. The maximum atomic E-state index is 12.7. The van der Waals surface area contributed by atoms with Crippen molar-refractivity contribution >= 4 is 17.7 Å². The highest BCUT2D eigenvalue weighted by molar-refractivity contribution is 7.99. The Hall–Kier alpha value is -2.16. The molecule has 1 N–H and O–H groups in total. The number of halogens is 1. The Labute approximate surface area is 144 Å². The number of rotatable bonds is 10. The number of amides is 1. The summed E-state index contributed by atoms with van der Waals surface area (Å²) in [7, 11) is 1.76. The number of carbonyl (C=O) groups excluding carboxylic acids is 1. The number of aromatic nitrogens is 4. The van der Waals surface area contributed by atoms with Gasteiger partial charge in [-0.1, -0.05) is 11.8 Å². The third-order valence-electron chi connectivity index (χ3n) is 3.12. The van der Waals surface area contributed by atoms with Crippen molar-refractivity contribution in [3.63, 3.8) is 0 Å². The zero-order valence-corrected chi connectivity index (χ0v) is 14.3. The molecule has 2 rings (SSSR count). The van der Waals surface area contributed by atoms with Gasteiger partial charge in [-0.15, -0.1) is 5.10 Å². The minimum Gasteiger partial charge on any atom is -0.494 e. The zero-order chi connectivity index (χ0) is 17.2. The fourth-order valence-corrected chi connectivity index (χ4v) is 2.63. The predicted octanol–water partition coefficient (Wildman–Crippen LogP) is 1.81. The van der Waals surface area contributed by atoms with Gasteiger partial charge in [-0.2, -0.15) is 0 Å². The summed E-state index contributed by atoms with van der Waals surface area (Å²) >= 11 is 1.45. The van der Waals surface area contributed by atoms with Gasteiger partial charge < -0.3 is 10.1 Å². The van der Waals surface area contributed by atoms with Crippen LogP contribution in [0, 0.1) is 5.82 Å². The van der Waals surface area contributed by atoms with Crippen LogP contribution in [0.4, 0.5) is 4.39 Å². The molecule has 7 nitrogen and oxygen atoms in total. The van der Waals surface area contributed by atoms with E-state index in [0.717, 1.165) is 12.8 Å². The molecule has 1 aromatic heterocycles. The topological polar surface area (TPSA) is 81.9 Å². The number of thioether (sulfide) groups is 1. The van der Waals surface area contributed by atoms with E-state index in [9.17, 15) is 9.18 Å². The number of nitrogens with one attached hydrogen (secondary N) is 1. The molecule has 9 heteroatoms. The average Bonchev–Trinajstić information content (AvgIpc) is 2.98. The molecule has 0 unspecified atom stereocenters. The molecule has 0 fully saturated rings. The van der Waals surface area contributed by atoms with E-state index >= 15 is 0 Å². The van der Waals surface area contributed by atoms with E-state index in [1.165, 1.54) is 23.9 Å². The number of hydrogen-bond donors (Lipinski definition) is 1. The largest absolute Gasteiger partial charge is 0.494 e. The molecule has 0 saturated heterocycles. The van der Waals surface area contributed by atoms with Gasteiger partial charge in [-0.25, -0.2) is 9.07 Å². The summed E-state index contributed by atoms with van der Waals surface area (Å²) in [4.78, 5) is 11.7.